The lowest BCUT2D eigenvalue weighted by Crippen LogP contribution is -2.58. The monoisotopic (exact) mass is 640 g/mol. The van der Waals surface area contributed by atoms with Gasteiger partial charge >= 0.3 is 6.36 Å². The Morgan fingerprint density at radius 2 is 1.93 bits per heavy atom. The van der Waals surface area contributed by atoms with Crippen molar-refractivity contribution in [2.75, 3.05) is 57.9 Å². The van der Waals surface area contributed by atoms with Crippen LogP contribution in [0.1, 0.15) is 29.5 Å². The van der Waals surface area contributed by atoms with Gasteiger partial charge in [-0.15, -0.1) is 13.2 Å². The number of aliphatic hydroxyl groups excluding tert-OH is 1. The molecule has 2 aromatic carbocycles. The number of hydrogen-bond acceptors (Lipinski definition) is 9. The molecule has 1 unspecified atom stereocenters. The minimum absolute atomic E-state index is 0.0916. The van der Waals surface area contributed by atoms with E-state index in [0.717, 1.165) is 23.4 Å². The molecule has 44 heavy (non-hydrogen) atoms. The number of nitrogens with zero attached hydrogens (tertiary/aromatic N) is 3. The third-order valence-electron chi connectivity index (χ3n) is 7.77. The number of aryl methyl sites for hydroxylation is 2. The highest BCUT2D eigenvalue weighted by Gasteiger charge is 2.47. The largest absolute Gasteiger partial charge is 0.573 e. The minimum atomic E-state index is -4.84. The molecule has 0 aliphatic carbocycles. The summed E-state index contributed by atoms with van der Waals surface area (Å²) >= 11 is 0. The molecule has 4 rings (SSSR count). The van der Waals surface area contributed by atoms with Gasteiger partial charge in [0.05, 0.1) is 17.8 Å². The number of anilines is 1. The van der Waals surface area contributed by atoms with E-state index >= 15 is 0 Å². The first kappa shape index (κ1) is 33.5. The van der Waals surface area contributed by atoms with Crippen molar-refractivity contribution in [2.24, 2.45) is 4.99 Å². The fraction of sp³-hybridized carbons (Fsp3) is 0.517. The van der Waals surface area contributed by atoms with Crippen LogP contribution in [0.15, 0.2) is 47.5 Å². The summed E-state index contributed by atoms with van der Waals surface area (Å²) in [6.45, 7) is 3.64. The number of sulfonamides is 1. The van der Waals surface area contributed by atoms with Crippen LogP contribution < -0.4 is 20.7 Å². The summed E-state index contributed by atoms with van der Waals surface area (Å²) in [6, 6.07) is 10.9. The SMILES string of the molecule is Cc1cc(NCC(=O)NCCN(C)C)ccc1CCS(=O)(=O)N1CCC2(CC1)NC(c1cccc(OC(F)(F)F)c1)=NC2O. The normalized spacial score (nSPS) is 18.6. The van der Waals surface area contributed by atoms with Crippen LogP contribution in [0.4, 0.5) is 18.9 Å². The van der Waals surface area contributed by atoms with E-state index in [0.29, 0.717) is 18.5 Å². The van der Waals surface area contributed by atoms with Gasteiger partial charge in [-0.1, -0.05) is 18.2 Å². The number of piperidine rings is 1. The molecule has 15 heteroatoms. The van der Waals surface area contributed by atoms with E-state index in [-0.39, 0.29) is 50.0 Å². The fourth-order valence-electron chi connectivity index (χ4n) is 5.23. The smallest absolute Gasteiger partial charge is 0.406 e. The average Bonchev–Trinajstić information content (AvgIpc) is 3.25. The second-order valence-electron chi connectivity index (χ2n) is 11.3. The quantitative estimate of drug-likeness (QED) is 0.277. The summed E-state index contributed by atoms with van der Waals surface area (Å²) in [5.41, 5.74) is 1.94. The fourth-order valence-corrected chi connectivity index (χ4v) is 6.71. The summed E-state index contributed by atoms with van der Waals surface area (Å²) in [5, 5.41) is 19.8. The average molecular weight is 641 g/mol. The van der Waals surface area contributed by atoms with Crippen molar-refractivity contribution in [1.82, 2.24) is 19.8 Å². The van der Waals surface area contributed by atoms with Crippen LogP contribution in [0.25, 0.3) is 0 Å². The maximum absolute atomic E-state index is 13.2. The molecule has 0 aromatic heterocycles. The number of likely N-dealkylation sites (N-methyl/N-ethyl adjacent to an activating group) is 1. The van der Waals surface area contributed by atoms with Crippen molar-refractivity contribution in [3.63, 3.8) is 0 Å². The molecule has 11 nitrogen and oxygen atoms in total. The number of carbonyl (C=O) groups is 1. The van der Waals surface area contributed by atoms with E-state index in [2.05, 4.69) is 25.7 Å². The van der Waals surface area contributed by atoms with Gasteiger partial charge in [0.25, 0.3) is 0 Å². The van der Waals surface area contributed by atoms with Crippen LogP contribution in [0.5, 0.6) is 5.75 Å². The van der Waals surface area contributed by atoms with Crippen molar-refractivity contribution < 1.29 is 36.2 Å². The summed E-state index contributed by atoms with van der Waals surface area (Å²) in [6.07, 6.45) is -5.19. The van der Waals surface area contributed by atoms with E-state index in [1.54, 1.807) is 6.07 Å². The zero-order chi connectivity index (χ0) is 32.1. The highest BCUT2D eigenvalue weighted by atomic mass is 32.2. The van der Waals surface area contributed by atoms with Gasteiger partial charge in [-0.25, -0.2) is 17.7 Å². The maximum Gasteiger partial charge on any atom is 0.573 e. The molecular formula is C29H39F3N6O5S. The Labute approximate surface area is 255 Å². The molecule has 2 aliphatic rings. The summed E-state index contributed by atoms with van der Waals surface area (Å²) in [4.78, 5) is 18.2. The van der Waals surface area contributed by atoms with Crippen molar-refractivity contribution in [1.29, 1.82) is 0 Å². The third kappa shape index (κ3) is 8.83. The summed E-state index contributed by atoms with van der Waals surface area (Å²) in [7, 11) is 0.255. The van der Waals surface area contributed by atoms with Crippen molar-refractivity contribution >= 4 is 27.5 Å². The molecule has 1 fully saturated rings. The van der Waals surface area contributed by atoms with Crippen molar-refractivity contribution in [3.05, 3.63) is 59.2 Å². The number of halogens is 3. The number of rotatable bonds is 12. The van der Waals surface area contributed by atoms with Gasteiger partial charge in [-0.05, 0) is 75.7 Å². The summed E-state index contributed by atoms with van der Waals surface area (Å²) in [5.74, 6) is -0.391. The topological polar surface area (TPSA) is 136 Å². The van der Waals surface area contributed by atoms with Gasteiger partial charge in [0.15, 0.2) is 6.23 Å². The molecule has 242 valence electrons. The van der Waals surface area contributed by atoms with E-state index in [9.17, 15) is 31.5 Å². The van der Waals surface area contributed by atoms with E-state index in [4.69, 9.17) is 0 Å². The predicted octanol–water partition coefficient (Wildman–Crippen LogP) is 2.06. The molecule has 0 saturated carbocycles. The second kappa shape index (κ2) is 13.7. The highest BCUT2D eigenvalue weighted by Crippen LogP contribution is 2.33. The Morgan fingerprint density at radius 1 is 1.20 bits per heavy atom. The standard InChI is InChI=1S/C29H39F3N6O5S/c1-20-17-23(34-19-25(39)33-12-15-37(2)3)8-7-21(20)9-16-44(41,42)38-13-10-28(11-14-38)27(40)35-26(36-28)22-5-4-6-24(18-22)43-29(30,31)32/h4-8,17-18,27,34,40H,9-16,19H2,1-3H3,(H,33,39)(H,35,36). The van der Waals surface area contributed by atoms with E-state index in [1.165, 1.54) is 22.5 Å². The first-order chi connectivity index (χ1) is 20.7. The Hall–Kier alpha value is -3.40. The van der Waals surface area contributed by atoms with Crippen LogP contribution in [-0.2, 0) is 21.2 Å². The van der Waals surface area contributed by atoms with Crippen LogP contribution in [-0.4, -0.2) is 105 Å². The molecule has 2 aromatic rings. The van der Waals surface area contributed by atoms with Gasteiger partial charge in [0.2, 0.25) is 15.9 Å². The molecule has 1 atom stereocenters. The summed E-state index contributed by atoms with van der Waals surface area (Å²) < 4.78 is 69.7. The lowest BCUT2D eigenvalue weighted by Gasteiger charge is -2.40. The Balaban J connectivity index is 1.28. The number of carbonyl (C=O) groups excluding carboxylic acids is 1. The molecule has 1 saturated heterocycles. The lowest BCUT2D eigenvalue weighted by atomic mass is 9.87. The molecule has 1 spiro atoms. The van der Waals surface area contributed by atoms with Crippen LogP contribution in [0.3, 0.4) is 0 Å². The predicted molar refractivity (Wildman–Crippen MR) is 161 cm³/mol. The number of aliphatic hydroxyl groups is 1. The molecule has 4 N–H and O–H groups in total. The van der Waals surface area contributed by atoms with Gasteiger partial charge in [-0.2, -0.15) is 0 Å². The Bertz CT molecular complexity index is 1460. The number of aliphatic imine (C=N–C) groups is 1. The molecule has 0 bridgehead atoms. The zero-order valence-corrected chi connectivity index (χ0v) is 25.8. The Kier molecular flexibility index (Phi) is 10.4. The Morgan fingerprint density at radius 3 is 2.59 bits per heavy atom. The zero-order valence-electron chi connectivity index (χ0n) is 24.9. The molecule has 2 aliphatic heterocycles. The molecular weight excluding hydrogens is 601 g/mol. The van der Waals surface area contributed by atoms with E-state index in [1.807, 2.05) is 44.1 Å². The van der Waals surface area contributed by atoms with Gasteiger partial charge < -0.3 is 30.7 Å². The van der Waals surface area contributed by atoms with Crippen molar-refractivity contribution in [2.45, 2.75) is 44.3 Å². The van der Waals surface area contributed by atoms with Crippen LogP contribution >= 0.6 is 0 Å². The first-order valence-corrected chi connectivity index (χ1v) is 15.9. The second-order valence-corrected chi connectivity index (χ2v) is 13.4. The van der Waals surface area contributed by atoms with E-state index < -0.39 is 33.9 Å². The van der Waals surface area contributed by atoms with Gasteiger partial charge in [0.1, 0.15) is 11.6 Å². The minimum Gasteiger partial charge on any atom is -0.406 e. The molecule has 0 radical (unpaired) electrons. The van der Waals surface area contributed by atoms with Gasteiger partial charge in [0, 0.05) is 37.4 Å². The van der Waals surface area contributed by atoms with Gasteiger partial charge in [-0.3, -0.25) is 4.79 Å². The van der Waals surface area contributed by atoms with Crippen LogP contribution in [0.2, 0.25) is 0 Å². The molecule has 1 amide bonds. The first-order valence-electron chi connectivity index (χ1n) is 14.3. The van der Waals surface area contributed by atoms with Crippen molar-refractivity contribution in [3.8, 4) is 5.75 Å². The van der Waals surface area contributed by atoms with Crippen LogP contribution in [0, 0.1) is 6.92 Å². The number of alkyl halides is 3. The number of nitrogens with one attached hydrogen (secondary N) is 3. The lowest BCUT2D eigenvalue weighted by molar-refractivity contribution is -0.274. The molecule has 2 heterocycles. The highest BCUT2D eigenvalue weighted by molar-refractivity contribution is 7.89. The number of hydrogen-bond donors (Lipinski definition) is 4. The number of amides is 1. The maximum atomic E-state index is 13.2. The number of amidine groups is 1. The third-order valence-corrected chi connectivity index (χ3v) is 9.64. The number of ether oxygens (including phenoxy) is 1. The number of benzene rings is 2.